The molecule has 28 heavy (non-hydrogen) atoms. The lowest BCUT2D eigenvalue weighted by Crippen LogP contribution is -2.48. The molecule has 2 amide bonds. The van der Waals surface area contributed by atoms with Crippen molar-refractivity contribution in [2.24, 2.45) is 11.0 Å². The fraction of sp³-hybridized carbons (Fsp3) is 0.286. The van der Waals surface area contributed by atoms with Crippen LogP contribution in [0.5, 0.6) is 5.75 Å². The van der Waals surface area contributed by atoms with Crippen LogP contribution in [0.2, 0.25) is 5.02 Å². The summed E-state index contributed by atoms with van der Waals surface area (Å²) in [6.45, 7) is 6.15. The zero-order valence-corrected chi connectivity index (χ0v) is 16.9. The summed E-state index contributed by atoms with van der Waals surface area (Å²) in [6, 6.07) is 13.3. The summed E-state index contributed by atoms with van der Waals surface area (Å²) < 4.78 is 5.43. The van der Waals surface area contributed by atoms with Crippen molar-refractivity contribution in [3.63, 3.8) is 0 Å². The first-order valence-corrected chi connectivity index (χ1v) is 9.41. The van der Waals surface area contributed by atoms with Crippen molar-refractivity contribution < 1.29 is 14.3 Å². The van der Waals surface area contributed by atoms with Gasteiger partial charge < -0.3 is 10.1 Å². The molecular weight excluding hydrogens is 378 g/mol. The van der Waals surface area contributed by atoms with Crippen LogP contribution < -0.4 is 15.5 Å². The fourth-order valence-electron chi connectivity index (χ4n) is 2.49. The molecule has 0 fully saturated rings. The average Bonchev–Trinajstić information content (AvgIpc) is 2.66. The first kappa shape index (κ1) is 21.4. The predicted octanol–water partition coefficient (Wildman–Crippen LogP) is 3.64. The largest absolute Gasteiger partial charge is 0.494 e. The Bertz CT molecular complexity index is 852. The molecule has 6 nitrogen and oxygen atoms in total. The Morgan fingerprint density at radius 2 is 1.93 bits per heavy atom. The molecule has 2 N–H and O–H groups in total. The number of hydrazone groups is 1. The number of benzene rings is 2. The van der Waals surface area contributed by atoms with E-state index in [1.807, 2.05) is 45.0 Å². The highest BCUT2D eigenvalue weighted by atomic mass is 35.5. The summed E-state index contributed by atoms with van der Waals surface area (Å²) in [7, 11) is 0. The molecule has 0 radical (unpaired) electrons. The maximum absolute atomic E-state index is 12.5. The van der Waals surface area contributed by atoms with Crippen LogP contribution >= 0.6 is 11.6 Å². The molecule has 0 aliphatic rings. The van der Waals surface area contributed by atoms with Crippen molar-refractivity contribution in [3.8, 4) is 5.75 Å². The molecule has 2 aromatic rings. The highest BCUT2D eigenvalue weighted by Gasteiger charge is 2.25. The normalized spacial score (nSPS) is 12.0. The Labute approximate surface area is 169 Å². The van der Waals surface area contributed by atoms with E-state index in [1.54, 1.807) is 24.3 Å². The number of rotatable bonds is 8. The molecule has 148 valence electrons. The Balaban J connectivity index is 2.02. The molecule has 2 rings (SSSR count). The van der Waals surface area contributed by atoms with Crippen LogP contribution in [-0.4, -0.2) is 30.7 Å². The zero-order chi connectivity index (χ0) is 20.5. The summed E-state index contributed by atoms with van der Waals surface area (Å²) in [5.41, 5.74) is 3.58. The maximum Gasteiger partial charge on any atom is 0.262 e. The number of nitrogens with zero attached hydrogens (tertiary/aromatic N) is 1. The van der Waals surface area contributed by atoms with Crippen LogP contribution in [0.1, 0.15) is 36.7 Å². The van der Waals surface area contributed by atoms with Crippen LogP contribution in [0.4, 0.5) is 0 Å². The van der Waals surface area contributed by atoms with Crippen molar-refractivity contribution in [1.82, 2.24) is 10.7 Å². The van der Waals surface area contributed by atoms with Crippen LogP contribution in [0.15, 0.2) is 53.6 Å². The molecule has 2 aromatic carbocycles. The van der Waals surface area contributed by atoms with Gasteiger partial charge in [-0.1, -0.05) is 49.7 Å². The van der Waals surface area contributed by atoms with E-state index in [9.17, 15) is 9.59 Å². The van der Waals surface area contributed by atoms with E-state index in [4.69, 9.17) is 16.3 Å². The van der Waals surface area contributed by atoms with E-state index in [1.165, 1.54) is 6.21 Å². The van der Waals surface area contributed by atoms with Gasteiger partial charge in [-0.2, -0.15) is 5.10 Å². The Morgan fingerprint density at radius 1 is 1.18 bits per heavy atom. The number of carbonyl (C=O) groups is 2. The molecular formula is C21H24ClN3O3. The van der Waals surface area contributed by atoms with Crippen LogP contribution in [-0.2, 0) is 4.79 Å². The lowest BCUT2D eigenvalue weighted by atomic mass is 10.0. The van der Waals surface area contributed by atoms with Gasteiger partial charge in [0.25, 0.3) is 11.8 Å². The number of amides is 2. The summed E-state index contributed by atoms with van der Waals surface area (Å²) >= 11 is 6.05. The molecule has 0 heterocycles. The van der Waals surface area contributed by atoms with Gasteiger partial charge in [0.2, 0.25) is 0 Å². The van der Waals surface area contributed by atoms with Gasteiger partial charge in [0.1, 0.15) is 11.8 Å². The van der Waals surface area contributed by atoms with E-state index in [-0.39, 0.29) is 5.92 Å². The molecule has 0 saturated heterocycles. The molecule has 0 spiro atoms. The molecule has 0 aliphatic carbocycles. The van der Waals surface area contributed by atoms with Crippen LogP contribution in [0.25, 0.3) is 0 Å². The topological polar surface area (TPSA) is 79.8 Å². The van der Waals surface area contributed by atoms with Crippen molar-refractivity contribution >= 4 is 29.6 Å². The zero-order valence-electron chi connectivity index (χ0n) is 16.1. The Kier molecular flexibility index (Phi) is 8.02. The van der Waals surface area contributed by atoms with E-state index in [0.29, 0.717) is 17.2 Å². The second-order valence-electron chi connectivity index (χ2n) is 6.41. The number of carbonyl (C=O) groups excluding carboxylic acids is 2. The smallest absolute Gasteiger partial charge is 0.262 e. The highest BCUT2D eigenvalue weighted by Crippen LogP contribution is 2.15. The molecule has 0 aromatic heterocycles. The van der Waals surface area contributed by atoms with Crippen molar-refractivity contribution in [2.75, 3.05) is 6.61 Å². The fourth-order valence-corrected chi connectivity index (χ4v) is 2.71. The first-order chi connectivity index (χ1) is 13.4. The third kappa shape index (κ3) is 6.09. The molecule has 1 atom stereocenters. The summed E-state index contributed by atoms with van der Waals surface area (Å²) in [4.78, 5) is 25.0. The number of halogens is 1. The Morgan fingerprint density at radius 3 is 2.61 bits per heavy atom. The quantitative estimate of drug-likeness (QED) is 0.523. The lowest BCUT2D eigenvalue weighted by molar-refractivity contribution is -0.123. The summed E-state index contributed by atoms with van der Waals surface area (Å²) in [5, 5.41) is 7.03. The number of ether oxygens (including phenoxy) is 1. The van der Waals surface area contributed by atoms with Gasteiger partial charge in [0.05, 0.1) is 23.4 Å². The SMILES string of the molecule is CCOc1cccc(/C=N/NC(=O)C(NC(=O)c2ccccc2Cl)C(C)C)c1. The second-order valence-corrected chi connectivity index (χ2v) is 6.82. The van der Waals surface area contributed by atoms with Gasteiger partial charge >= 0.3 is 0 Å². The average molecular weight is 402 g/mol. The molecule has 0 aliphatic heterocycles. The van der Waals surface area contributed by atoms with Gasteiger partial charge in [-0.25, -0.2) is 5.43 Å². The Hall–Kier alpha value is -2.86. The highest BCUT2D eigenvalue weighted by molar-refractivity contribution is 6.33. The third-order valence-electron chi connectivity index (χ3n) is 3.91. The maximum atomic E-state index is 12.5. The predicted molar refractivity (Wildman–Crippen MR) is 111 cm³/mol. The van der Waals surface area contributed by atoms with E-state index in [2.05, 4.69) is 15.8 Å². The molecule has 0 saturated carbocycles. The molecule has 7 heteroatoms. The van der Waals surface area contributed by atoms with Gasteiger partial charge in [-0.3, -0.25) is 9.59 Å². The van der Waals surface area contributed by atoms with Crippen molar-refractivity contribution in [1.29, 1.82) is 0 Å². The molecule has 0 bridgehead atoms. The number of hydrogen-bond acceptors (Lipinski definition) is 4. The third-order valence-corrected chi connectivity index (χ3v) is 4.24. The van der Waals surface area contributed by atoms with Crippen LogP contribution in [0.3, 0.4) is 0 Å². The van der Waals surface area contributed by atoms with E-state index in [0.717, 1.165) is 11.3 Å². The van der Waals surface area contributed by atoms with Crippen molar-refractivity contribution in [3.05, 3.63) is 64.7 Å². The minimum absolute atomic E-state index is 0.136. The minimum atomic E-state index is -0.754. The first-order valence-electron chi connectivity index (χ1n) is 9.03. The van der Waals surface area contributed by atoms with Crippen molar-refractivity contribution in [2.45, 2.75) is 26.8 Å². The number of hydrogen-bond donors (Lipinski definition) is 2. The summed E-state index contributed by atoms with van der Waals surface area (Å²) in [5.74, 6) is -0.229. The monoisotopic (exact) mass is 401 g/mol. The summed E-state index contributed by atoms with van der Waals surface area (Å²) in [6.07, 6.45) is 1.52. The second kappa shape index (κ2) is 10.5. The van der Waals surface area contributed by atoms with E-state index >= 15 is 0 Å². The standard InChI is InChI=1S/C21H24ClN3O3/c1-4-28-16-9-7-8-15(12-16)13-23-25-21(27)19(14(2)3)24-20(26)17-10-5-6-11-18(17)22/h5-14,19H,4H2,1-3H3,(H,24,26)(H,25,27)/b23-13+. The molecule has 1 unspecified atom stereocenters. The van der Waals surface area contributed by atoms with Gasteiger partial charge in [0.15, 0.2) is 0 Å². The van der Waals surface area contributed by atoms with E-state index < -0.39 is 17.9 Å². The van der Waals surface area contributed by atoms with Crippen LogP contribution in [0, 0.1) is 5.92 Å². The van der Waals surface area contributed by atoms with Gasteiger partial charge in [0, 0.05) is 0 Å². The minimum Gasteiger partial charge on any atom is -0.494 e. The number of nitrogens with one attached hydrogen (secondary N) is 2. The lowest BCUT2D eigenvalue weighted by Gasteiger charge is -2.20. The van der Waals surface area contributed by atoms with Gasteiger partial charge in [-0.05, 0) is 42.7 Å². The van der Waals surface area contributed by atoms with Gasteiger partial charge in [-0.15, -0.1) is 0 Å².